The second kappa shape index (κ2) is 7.73. The first-order chi connectivity index (χ1) is 12.2. The average molecular weight is 346 g/mol. The highest BCUT2D eigenvalue weighted by molar-refractivity contribution is 5.94. The Morgan fingerprint density at radius 3 is 2.68 bits per heavy atom. The number of benzene rings is 1. The van der Waals surface area contributed by atoms with Gasteiger partial charge >= 0.3 is 0 Å². The Hall–Kier alpha value is -2.29. The fourth-order valence-corrected chi connectivity index (χ4v) is 3.07. The van der Waals surface area contributed by atoms with Gasteiger partial charge < -0.3 is 19.1 Å². The molecular formula is C17H22N4O4. The number of likely N-dealkylation sites (N-methyl/N-ethyl adjacent to an activating group) is 1. The van der Waals surface area contributed by atoms with E-state index in [-0.39, 0.29) is 24.2 Å². The summed E-state index contributed by atoms with van der Waals surface area (Å²) < 4.78 is 18.3. The highest BCUT2D eigenvalue weighted by Gasteiger charge is 2.38. The number of hydrogen-bond acceptors (Lipinski definition) is 6. The van der Waals surface area contributed by atoms with E-state index >= 15 is 0 Å². The fourth-order valence-electron chi connectivity index (χ4n) is 3.07. The molecule has 0 spiro atoms. The number of amides is 1. The zero-order valence-corrected chi connectivity index (χ0v) is 14.5. The minimum atomic E-state index is -0.242. The van der Waals surface area contributed by atoms with Crippen molar-refractivity contribution in [3.63, 3.8) is 0 Å². The smallest absolute Gasteiger partial charge is 0.254 e. The number of ether oxygens (including phenoxy) is 3. The van der Waals surface area contributed by atoms with Crippen LogP contribution in [0.2, 0.25) is 0 Å². The summed E-state index contributed by atoms with van der Waals surface area (Å²) in [6, 6.07) is 7.09. The van der Waals surface area contributed by atoms with Gasteiger partial charge in [-0.25, -0.2) is 0 Å². The van der Waals surface area contributed by atoms with Crippen LogP contribution in [0.4, 0.5) is 0 Å². The minimum absolute atomic E-state index is 0.109. The summed E-state index contributed by atoms with van der Waals surface area (Å²) in [7, 11) is 5.00. The number of carbonyl (C=O) groups excluding carboxylic acids is 1. The Morgan fingerprint density at radius 1 is 1.24 bits per heavy atom. The van der Waals surface area contributed by atoms with Crippen molar-refractivity contribution in [2.45, 2.75) is 18.2 Å². The summed E-state index contributed by atoms with van der Waals surface area (Å²) in [4.78, 5) is 14.6. The monoisotopic (exact) mass is 346 g/mol. The number of aromatic nitrogens is 3. The Balaban J connectivity index is 1.81. The van der Waals surface area contributed by atoms with Crippen LogP contribution in [-0.2, 0) is 14.2 Å². The van der Waals surface area contributed by atoms with E-state index in [9.17, 15) is 4.79 Å². The van der Waals surface area contributed by atoms with Crippen LogP contribution >= 0.6 is 0 Å². The van der Waals surface area contributed by atoms with E-state index in [4.69, 9.17) is 14.2 Å². The Kier molecular flexibility index (Phi) is 5.42. The molecule has 2 heterocycles. The van der Waals surface area contributed by atoms with Gasteiger partial charge in [0.2, 0.25) is 0 Å². The van der Waals surface area contributed by atoms with Gasteiger partial charge in [-0.15, -0.1) is 10.2 Å². The maximum atomic E-state index is 13.0. The molecule has 8 heteroatoms. The molecule has 1 aliphatic rings. The summed E-state index contributed by atoms with van der Waals surface area (Å²) >= 11 is 0. The lowest BCUT2D eigenvalue weighted by Gasteiger charge is -2.40. The largest absolute Gasteiger partial charge is 0.376 e. The van der Waals surface area contributed by atoms with E-state index in [0.717, 1.165) is 5.69 Å². The lowest BCUT2D eigenvalue weighted by Crippen LogP contribution is -2.57. The summed E-state index contributed by atoms with van der Waals surface area (Å²) in [6.45, 7) is 0.863. The lowest BCUT2D eigenvalue weighted by molar-refractivity contribution is -0.147. The van der Waals surface area contributed by atoms with Gasteiger partial charge in [0.05, 0.1) is 19.3 Å². The van der Waals surface area contributed by atoms with E-state index in [1.54, 1.807) is 49.5 Å². The molecule has 1 aromatic heterocycles. The van der Waals surface area contributed by atoms with Crippen LogP contribution < -0.4 is 0 Å². The van der Waals surface area contributed by atoms with E-state index < -0.39 is 0 Å². The average Bonchev–Trinajstić information content (AvgIpc) is 3.21. The van der Waals surface area contributed by atoms with Crippen molar-refractivity contribution in [1.82, 2.24) is 19.7 Å². The molecule has 3 rings (SSSR count). The van der Waals surface area contributed by atoms with Crippen LogP contribution in [0.25, 0.3) is 5.69 Å². The van der Waals surface area contributed by atoms with Crippen LogP contribution in [0.15, 0.2) is 36.9 Å². The van der Waals surface area contributed by atoms with Gasteiger partial charge in [-0.2, -0.15) is 0 Å². The van der Waals surface area contributed by atoms with Crippen molar-refractivity contribution < 1.29 is 19.0 Å². The number of nitrogens with zero attached hydrogens (tertiary/aromatic N) is 4. The first-order valence-electron chi connectivity index (χ1n) is 8.01. The molecule has 1 aliphatic heterocycles. The molecule has 0 saturated carbocycles. The highest BCUT2D eigenvalue weighted by atomic mass is 16.6. The van der Waals surface area contributed by atoms with Gasteiger partial charge in [0.1, 0.15) is 24.9 Å². The molecule has 0 N–H and O–H groups in total. The second-order valence-corrected chi connectivity index (χ2v) is 5.91. The number of rotatable bonds is 5. The molecule has 0 bridgehead atoms. The van der Waals surface area contributed by atoms with Gasteiger partial charge in [-0.3, -0.25) is 9.36 Å². The maximum Gasteiger partial charge on any atom is 0.254 e. The Bertz CT molecular complexity index is 706. The molecule has 1 fully saturated rings. The molecule has 0 unspecified atom stereocenters. The van der Waals surface area contributed by atoms with Crippen molar-refractivity contribution in [1.29, 1.82) is 0 Å². The first kappa shape index (κ1) is 17.5. The maximum absolute atomic E-state index is 13.0. The van der Waals surface area contributed by atoms with Crippen molar-refractivity contribution in [2.75, 3.05) is 34.5 Å². The van der Waals surface area contributed by atoms with E-state index in [2.05, 4.69) is 10.2 Å². The Morgan fingerprint density at radius 2 is 2.00 bits per heavy atom. The molecule has 1 aromatic carbocycles. The molecule has 134 valence electrons. The van der Waals surface area contributed by atoms with E-state index in [0.29, 0.717) is 18.8 Å². The van der Waals surface area contributed by atoms with Crippen molar-refractivity contribution in [3.05, 3.63) is 42.5 Å². The van der Waals surface area contributed by atoms with Gasteiger partial charge in [0.15, 0.2) is 0 Å². The van der Waals surface area contributed by atoms with Gasteiger partial charge in [0.25, 0.3) is 5.91 Å². The van der Waals surface area contributed by atoms with Crippen molar-refractivity contribution in [2.24, 2.45) is 0 Å². The number of hydrogen-bond donors (Lipinski definition) is 0. The summed E-state index contributed by atoms with van der Waals surface area (Å²) in [5.41, 5.74) is 1.39. The Labute approximate surface area is 146 Å². The van der Waals surface area contributed by atoms with Gasteiger partial charge in [-0.05, 0) is 18.2 Å². The van der Waals surface area contributed by atoms with Crippen molar-refractivity contribution in [3.8, 4) is 5.69 Å². The summed E-state index contributed by atoms with van der Waals surface area (Å²) in [5.74, 6) is -0.109. The summed E-state index contributed by atoms with van der Waals surface area (Å²) in [6.07, 6.45) is 2.73. The van der Waals surface area contributed by atoms with Crippen LogP contribution in [0.3, 0.4) is 0 Å². The minimum Gasteiger partial charge on any atom is -0.376 e. The molecule has 8 nitrogen and oxygen atoms in total. The second-order valence-electron chi connectivity index (χ2n) is 5.91. The van der Waals surface area contributed by atoms with Crippen molar-refractivity contribution >= 4 is 5.91 Å². The van der Waals surface area contributed by atoms with Gasteiger partial charge in [-0.1, -0.05) is 6.07 Å². The third-order valence-corrected chi connectivity index (χ3v) is 4.52. The third kappa shape index (κ3) is 3.55. The number of methoxy groups -OCH3 is 2. The zero-order chi connectivity index (χ0) is 17.8. The topological polar surface area (TPSA) is 78.7 Å². The SMILES string of the molecule is CO[C@H]1[C@H](N(C)C(=O)c2cccc(-n3cnnc3)c2)COC[C@H]1OC. The van der Waals surface area contributed by atoms with Crippen LogP contribution in [0, 0.1) is 0 Å². The highest BCUT2D eigenvalue weighted by Crippen LogP contribution is 2.21. The van der Waals surface area contributed by atoms with Crippen LogP contribution in [0.1, 0.15) is 10.4 Å². The normalized spacial score (nSPS) is 23.4. The molecule has 2 aromatic rings. The molecular weight excluding hydrogens is 324 g/mol. The number of carbonyl (C=O) groups is 1. The molecule has 25 heavy (non-hydrogen) atoms. The predicted octanol–water partition coefficient (Wildman–Crippen LogP) is 0.768. The summed E-state index contributed by atoms with van der Waals surface area (Å²) in [5, 5.41) is 7.58. The quantitative estimate of drug-likeness (QED) is 0.796. The van der Waals surface area contributed by atoms with Gasteiger partial charge in [0, 0.05) is 32.5 Å². The molecule has 0 radical (unpaired) electrons. The lowest BCUT2D eigenvalue weighted by atomic mass is 10.0. The van der Waals surface area contributed by atoms with Crippen LogP contribution in [-0.4, -0.2) is 78.3 Å². The fraction of sp³-hybridized carbons (Fsp3) is 0.471. The standard InChI is InChI=1S/C17H22N4O4/c1-20(14-8-25-9-15(23-2)16(14)24-3)17(22)12-5-4-6-13(7-12)21-10-18-19-11-21/h4-7,10-11,14-16H,8-9H2,1-3H3/t14-,15-,16+/m1/s1. The molecule has 1 saturated heterocycles. The van der Waals surface area contributed by atoms with Crippen LogP contribution in [0.5, 0.6) is 0 Å². The third-order valence-electron chi connectivity index (χ3n) is 4.52. The first-order valence-corrected chi connectivity index (χ1v) is 8.01. The molecule has 1 amide bonds. The molecule has 3 atom stereocenters. The molecule has 0 aliphatic carbocycles. The zero-order valence-electron chi connectivity index (χ0n) is 14.5. The predicted molar refractivity (Wildman–Crippen MR) is 89.7 cm³/mol. The van der Waals surface area contributed by atoms with E-state index in [1.807, 2.05) is 18.2 Å². The van der Waals surface area contributed by atoms with E-state index in [1.165, 1.54) is 0 Å².